The normalized spacial score (nSPS) is 10.7. The van der Waals surface area contributed by atoms with E-state index in [1.807, 2.05) is 42.7 Å². The van der Waals surface area contributed by atoms with Crippen LogP contribution in [0.4, 0.5) is 18.9 Å². The second-order valence-electron chi connectivity index (χ2n) is 6.11. The number of carbonyl (C=O) groups is 2. The maximum absolute atomic E-state index is 12.2. The van der Waals surface area contributed by atoms with Gasteiger partial charge < -0.3 is 20.1 Å². The molecule has 3 N–H and O–H groups in total. The zero-order valence-corrected chi connectivity index (χ0v) is 15.9. The number of halogens is 3. The number of benzene rings is 2. The Morgan fingerprint density at radius 2 is 1.60 bits per heavy atom. The molecule has 0 unspecified atom stereocenters. The van der Waals surface area contributed by atoms with Gasteiger partial charge in [-0.05, 0) is 50.2 Å². The fraction of sp³-hybridized carbons (Fsp3) is 0.150. The molecule has 0 aliphatic carbocycles. The van der Waals surface area contributed by atoms with Gasteiger partial charge in [0.2, 0.25) is 0 Å². The molecule has 158 valence electrons. The van der Waals surface area contributed by atoms with Crippen molar-refractivity contribution in [2.45, 2.75) is 20.0 Å². The molecule has 1 aromatic heterocycles. The van der Waals surface area contributed by atoms with E-state index in [9.17, 15) is 23.1 Å². The number of anilines is 1. The van der Waals surface area contributed by atoms with Crippen molar-refractivity contribution in [1.82, 2.24) is 9.55 Å². The molecule has 3 rings (SSSR count). The van der Waals surface area contributed by atoms with Gasteiger partial charge >= 0.3 is 12.1 Å². The van der Waals surface area contributed by atoms with E-state index < -0.39 is 12.1 Å². The van der Waals surface area contributed by atoms with Crippen LogP contribution >= 0.6 is 0 Å². The van der Waals surface area contributed by atoms with Crippen LogP contribution in [0, 0.1) is 13.8 Å². The summed E-state index contributed by atoms with van der Waals surface area (Å²) >= 11 is 0. The van der Waals surface area contributed by atoms with Crippen LogP contribution in [0.15, 0.2) is 54.9 Å². The van der Waals surface area contributed by atoms with Crippen LogP contribution in [0.3, 0.4) is 0 Å². The Morgan fingerprint density at radius 1 is 1.03 bits per heavy atom. The molecule has 30 heavy (non-hydrogen) atoms. The number of rotatable bonds is 3. The first-order valence-electron chi connectivity index (χ1n) is 8.51. The lowest BCUT2D eigenvalue weighted by molar-refractivity contribution is -0.192. The Morgan fingerprint density at radius 3 is 2.07 bits per heavy atom. The smallest absolute Gasteiger partial charge is 0.490 e. The summed E-state index contributed by atoms with van der Waals surface area (Å²) < 4.78 is 33.7. The summed E-state index contributed by atoms with van der Waals surface area (Å²) in [6.07, 6.45) is -3.31. The number of aryl methyl sites for hydroxylation is 1. The largest absolute Gasteiger partial charge is 0.507 e. The first-order chi connectivity index (χ1) is 14.0. The number of hydrogen-bond donors (Lipinski definition) is 3. The van der Waals surface area contributed by atoms with Gasteiger partial charge in [0.25, 0.3) is 5.91 Å². The van der Waals surface area contributed by atoms with E-state index in [0.717, 1.165) is 17.1 Å². The van der Waals surface area contributed by atoms with Gasteiger partial charge in [-0.3, -0.25) is 4.79 Å². The van der Waals surface area contributed by atoms with Crippen molar-refractivity contribution in [2.24, 2.45) is 0 Å². The van der Waals surface area contributed by atoms with Crippen molar-refractivity contribution in [3.05, 3.63) is 71.8 Å². The maximum Gasteiger partial charge on any atom is 0.490 e. The summed E-state index contributed by atoms with van der Waals surface area (Å²) in [7, 11) is 0. The molecule has 3 aromatic rings. The number of nitrogens with one attached hydrogen (secondary N) is 1. The van der Waals surface area contributed by atoms with E-state index in [0.29, 0.717) is 5.69 Å². The number of para-hydroxylation sites is 1. The quantitative estimate of drug-likeness (QED) is 0.591. The number of hydrogen-bond acceptors (Lipinski definition) is 4. The molecule has 0 saturated carbocycles. The van der Waals surface area contributed by atoms with Crippen molar-refractivity contribution >= 4 is 17.6 Å². The third-order valence-corrected chi connectivity index (χ3v) is 4.05. The Kier molecular flexibility index (Phi) is 6.83. The predicted molar refractivity (Wildman–Crippen MR) is 103 cm³/mol. The van der Waals surface area contributed by atoms with Gasteiger partial charge in [0.1, 0.15) is 5.75 Å². The summed E-state index contributed by atoms with van der Waals surface area (Å²) in [6, 6.07) is 13.9. The van der Waals surface area contributed by atoms with Gasteiger partial charge in [0, 0.05) is 17.1 Å². The van der Waals surface area contributed by atoms with Crippen LogP contribution in [-0.4, -0.2) is 37.8 Å². The summed E-state index contributed by atoms with van der Waals surface area (Å²) in [5, 5.41) is 19.6. The highest BCUT2D eigenvalue weighted by Gasteiger charge is 2.38. The van der Waals surface area contributed by atoms with Crippen molar-refractivity contribution in [1.29, 1.82) is 0 Å². The van der Waals surface area contributed by atoms with Crippen LogP contribution in [0.2, 0.25) is 0 Å². The number of phenols is 1. The van der Waals surface area contributed by atoms with Gasteiger partial charge in [0.05, 0.1) is 17.6 Å². The molecule has 10 heteroatoms. The zero-order valence-electron chi connectivity index (χ0n) is 15.9. The molecule has 0 aliphatic rings. The molecule has 0 saturated heterocycles. The van der Waals surface area contributed by atoms with Crippen LogP contribution in [0.1, 0.15) is 21.7 Å². The van der Waals surface area contributed by atoms with Crippen LogP contribution in [-0.2, 0) is 4.79 Å². The van der Waals surface area contributed by atoms with E-state index in [4.69, 9.17) is 9.90 Å². The second kappa shape index (κ2) is 9.12. The number of aliphatic carboxylic acids is 1. The van der Waals surface area contributed by atoms with Gasteiger partial charge in [-0.25, -0.2) is 9.78 Å². The molecule has 0 atom stereocenters. The van der Waals surface area contributed by atoms with Crippen molar-refractivity contribution in [3.63, 3.8) is 0 Å². The minimum atomic E-state index is -5.08. The predicted octanol–water partition coefficient (Wildman–Crippen LogP) is 4.08. The first-order valence-corrected chi connectivity index (χ1v) is 8.51. The summed E-state index contributed by atoms with van der Waals surface area (Å²) in [4.78, 5) is 25.3. The lowest BCUT2D eigenvalue weighted by Crippen LogP contribution is -2.21. The molecular weight excluding hydrogens is 403 g/mol. The van der Waals surface area contributed by atoms with E-state index in [2.05, 4.69) is 10.3 Å². The Labute approximate surface area is 169 Å². The average molecular weight is 421 g/mol. The number of alkyl halides is 3. The topological polar surface area (TPSA) is 104 Å². The molecule has 0 bridgehead atoms. The Balaban J connectivity index is 0.000000396. The molecule has 0 fully saturated rings. The molecule has 1 amide bonds. The van der Waals surface area contributed by atoms with Crippen LogP contribution in [0.5, 0.6) is 5.75 Å². The van der Waals surface area contributed by atoms with Crippen molar-refractivity contribution in [3.8, 4) is 11.4 Å². The number of phenolic OH excluding ortho intramolecular Hbond substituents is 1. The highest BCUT2D eigenvalue weighted by Crippen LogP contribution is 2.20. The van der Waals surface area contributed by atoms with E-state index >= 15 is 0 Å². The van der Waals surface area contributed by atoms with Gasteiger partial charge in [-0.1, -0.05) is 12.1 Å². The Bertz CT molecular complexity index is 1040. The third kappa shape index (κ3) is 5.60. The SMILES string of the molecule is Cc1ncn(-c2ccc(NC(=O)c3ccccc3O)cc2)c1C.O=C(O)C(F)(F)F. The highest BCUT2D eigenvalue weighted by molar-refractivity contribution is 6.06. The number of imidazole rings is 1. The monoisotopic (exact) mass is 421 g/mol. The van der Waals surface area contributed by atoms with E-state index in [1.54, 1.807) is 24.5 Å². The van der Waals surface area contributed by atoms with Crippen molar-refractivity contribution < 1.29 is 33.0 Å². The Hall–Kier alpha value is -3.82. The standard InChI is InChI=1S/C18H17N3O2.C2HF3O2/c1-12-13(2)21(11-19-12)15-9-7-14(8-10-15)20-18(23)16-5-3-4-6-17(16)22;3-2(4,5)1(6)7/h3-11,22H,1-2H3,(H,20,23);(H,6,7). The average Bonchev–Trinajstić information content (AvgIpc) is 3.01. The van der Waals surface area contributed by atoms with Crippen molar-refractivity contribution in [2.75, 3.05) is 5.32 Å². The third-order valence-electron chi connectivity index (χ3n) is 4.05. The molecule has 7 nitrogen and oxygen atoms in total. The molecular formula is C20H18F3N3O4. The molecule has 0 spiro atoms. The van der Waals surface area contributed by atoms with Gasteiger partial charge in [0.15, 0.2) is 0 Å². The number of aromatic hydroxyl groups is 1. The van der Waals surface area contributed by atoms with Crippen LogP contribution in [0.25, 0.3) is 5.69 Å². The lowest BCUT2D eigenvalue weighted by atomic mass is 10.2. The van der Waals surface area contributed by atoms with Gasteiger partial charge in [-0.15, -0.1) is 0 Å². The zero-order chi connectivity index (χ0) is 22.5. The minimum Gasteiger partial charge on any atom is -0.507 e. The highest BCUT2D eigenvalue weighted by atomic mass is 19.4. The van der Waals surface area contributed by atoms with Gasteiger partial charge in [-0.2, -0.15) is 13.2 Å². The fourth-order valence-corrected chi connectivity index (χ4v) is 2.33. The first kappa shape index (κ1) is 22.5. The molecule has 0 aliphatic heterocycles. The number of carbonyl (C=O) groups excluding carboxylic acids is 1. The summed E-state index contributed by atoms with van der Waals surface area (Å²) in [6.45, 7) is 3.98. The molecule has 1 heterocycles. The maximum atomic E-state index is 12.2. The number of carboxylic acids is 1. The second-order valence-corrected chi connectivity index (χ2v) is 6.11. The molecule has 2 aromatic carbocycles. The lowest BCUT2D eigenvalue weighted by Gasteiger charge is -2.09. The number of amides is 1. The van der Waals surface area contributed by atoms with Crippen LogP contribution < -0.4 is 5.32 Å². The number of nitrogens with zero attached hydrogens (tertiary/aromatic N) is 2. The summed E-state index contributed by atoms with van der Waals surface area (Å²) in [5.41, 5.74) is 3.95. The van der Waals surface area contributed by atoms with E-state index in [-0.39, 0.29) is 17.2 Å². The molecule has 0 radical (unpaired) electrons. The summed E-state index contributed by atoms with van der Waals surface area (Å²) in [5.74, 6) is -3.14. The minimum absolute atomic E-state index is 0.0360. The van der Waals surface area contributed by atoms with E-state index in [1.165, 1.54) is 6.07 Å². The number of carboxylic acid groups (broad SMARTS) is 1. The number of aromatic nitrogens is 2. The fourth-order valence-electron chi connectivity index (χ4n) is 2.33.